The topological polar surface area (TPSA) is 75.1 Å². The number of aromatic carboxylic acids is 1. The number of aromatic nitrogens is 2. The summed E-state index contributed by atoms with van der Waals surface area (Å²) in [6.45, 7) is 0. The Bertz CT molecular complexity index is 605. The molecule has 0 aliphatic rings. The summed E-state index contributed by atoms with van der Waals surface area (Å²) in [4.78, 5) is 18.6. The molecule has 0 aliphatic carbocycles. The van der Waals surface area contributed by atoms with Crippen molar-refractivity contribution in [3.8, 4) is 0 Å². The van der Waals surface area contributed by atoms with E-state index in [9.17, 15) is 4.79 Å². The largest absolute Gasteiger partial charge is 0.478 e. The van der Waals surface area contributed by atoms with Crippen molar-refractivity contribution >= 4 is 40.7 Å². The van der Waals surface area contributed by atoms with Gasteiger partial charge in [-0.05, 0) is 23.7 Å². The van der Waals surface area contributed by atoms with E-state index in [0.29, 0.717) is 5.69 Å². The maximum absolute atomic E-state index is 11.0. The molecule has 7 heteroatoms. The van der Waals surface area contributed by atoms with E-state index in [0.717, 1.165) is 0 Å². The Morgan fingerprint density at radius 1 is 1.28 bits per heavy atom. The van der Waals surface area contributed by atoms with Gasteiger partial charge >= 0.3 is 5.97 Å². The van der Waals surface area contributed by atoms with Gasteiger partial charge < -0.3 is 10.4 Å². The Balaban J connectivity index is 2.40. The molecule has 2 aromatic rings. The van der Waals surface area contributed by atoms with Crippen LogP contribution in [0.25, 0.3) is 0 Å². The zero-order valence-electron chi connectivity index (χ0n) is 8.89. The second-order valence-corrected chi connectivity index (χ2v) is 4.06. The van der Waals surface area contributed by atoms with Gasteiger partial charge in [0.05, 0.1) is 17.4 Å². The lowest BCUT2D eigenvalue weighted by molar-refractivity contribution is 0.0698. The first-order valence-electron chi connectivity index (χ1n) is 4.85. The van der Waals surface area contributed by atoms with Crippen LogP contribution in [0.2, 0.25) is 10.3 Å². The Kier molecular flexibility index (Phi) is 3.64. The normalized spacial score (nSPS) is 10.1. The number of carboxylic acids is 1. The number of nitrogens with one attached hydrogen (secondary N) is 1. The van der Waals surface area contributed by atoms with Crippen molar-refractivity contribution in [3.05, 3.63) is 46.3 Å². The fourth-order valence-electron chi connectivity index (χ4n) is 1.34. The maximum Gasteiger partial charge on any atom is 0.337 e. The molecule has 0 spiro atoms. The molecule has 2 rings (SSSR count). The number of halogens is 2. The molecule has 18 heavy (non-hydrogen) atoms. The lowest BCUT2D eigenvalue weighted by Crippen LogP contribution is -2.04. The minimum absolute atomic E-state index is 0.0229. The number of nitrogens with zero attached hydrogens (tertiary/aromatic N) is 2. The van der Waals surface area contributed by atoms with Gasteiger partial charge in [0, 0.05) is 0 Å². The first-order chi connectivity index (χ1) is 8.58. The molecule has 0 radical (unpaired) electrons. The SMILES string of the molecule is O=C(O)c1ccccc1Nc1nc(Cl)ncc1Cl. The van der Waals surface area contributed by atoms with Gasteiger partial charge in [0.2, 0.25) is 5.28 Å². The number of para-hydroxylation sites is 1. The van der Waals surface area contributed by atoms with Gasteiger partial charge in [0.15, 0.2) is 5.82 Å². The highest BCUT2D eigenvalue weighted by atomic mass is 35.5. The molecule has 1 aromatic heterocycles. The third-order valence-corrected chi connectivity index (χ3v) is 2.58. The molecule has 0 saturated heterocycles. The van der Waals surface area contributed by atoms with E-state index in [1.165, 1.54) is 12.3 Å². The summed E-state index contributed by atoms with van der Waals surface area (Å²) in [7, 11) is 0. The summed E-state index contributed by atoms with van der Waals surface area (Å²) in [6, 6.07) is 6.41. The second-order valence-electron chi connectivity index (χ2n) is 3.31. The number of hydrogen-bond acceptors (Lipinski definition) is 4. The molecule has 1 aromatic carbocycles. The van der Waals surface area contributed by atoms with Crippen molar-refractivity contribution < 1.29 is 9.90 Å². The van der Waals surface area contributed by atoms with E-state index in [1.807, 2.05) is 0 Å². The highest BCUT2D eigenvalue weighted by Gasteiger charge is 2.11. The Morgan fingerprint density at radius 2 is 2.00 bits per heavy atom. The van der Waals surface area contributed by atoms with Crippen LogP contribution in [0.5, 0.6) is 0 Å². The number of carbonyl (C=O) groups is 1. The van der Waals surface area contributed by atoms with E-state index >= 15 is 0 Å². The molecule has 0 fully saturated rings. The van der Waals surface area contributed by atoms with E-state index in [-0.39, 0.29) is 21.7 Å². The Morgan fingerprint density at radius 3 is 2.72 bits per heavy atom. The minimum atomic E-state index is -1.05. The van der Waals surface area contributed by atoms with Gasteiger partial charge in [-0.2, -0.15) is 4.98 Å². The number of anilines is 2. The predicted octanol–water partition coefficient (Wildman–Crippen LogP) is 3.23. The highest BCUT2D eigenvalue weighted by Crippen LogP contribution is 2.25. The lowest BCUT2D eigenvalue weighted by Gasteiger charge is -2.09. The van der Waals surface area contributed by atoms with Crippen LogP contribution in [-0.2, 0) is 0 Å². The summed E-state index contributed by atoms with van der Waals surface area (Å²) in [5.41, 5.74) is 0.491. The van der Waals surface area contributed by atoms with E-state index in [2.05, 4.69) is 15.3 Å². The summed E-state index contributed by atoms with van der Waals surface area (Å²) in [6.07, 6.45) is 1.34. The molecule has 0 amide bonds. The van der Waals surface area contributed by atoms with Crippen LogP contribution in [0.15, 0.2) is 30.5 Å². The van der Waals surface area contributed by atoms with Gasteiger partial charge in [0.25, 0.3) is 0 Å². The smallest absolute Gasteiger partial charge is 0.337 e. The molecule has 0 aliphatic heterocycles. The molecule has 2 N–H and O–H groups in total. The van der Waals surface area contributed by atoms with Crippen LogP contribution in [0.3, 0.4) is 0 Å². The molecule has 0 bridgehead atoms. The van der Waals surface area contributed by atoms with Crippen LogP contribution in [0.4, 0.5) is 11.5 Å². The summed E-state index contributed by atoms with van der Waals surface area (Å²) in [5, 5.41) is 12.1. The quantitative estimate of drug-likeness (QED) is 0.846. The lowest BCUT2D eigenvalue weighted by atomic mass is 10.2. The van der Waals surface area contributed by atoms with Crippen LogP contribution in [0.1, 0.15) is 10.4 Å². The van der Waals surface area contributed by atoms with Crippen molar-refractivity contribution in [3.63, 3.8) is 0 Å². The predicted molar refractivity (Wildman–Crippen MR) is 68.7 cm³/mol. The number of hydrogen-bond donors (Lipinski definition) is 2. The van der Waals surface area contributed by atoms with Crippen LogP contribution in [-0.4, -0.2) is 21.0 Å². The number of carboxylic acid groups (broad SMARTS) is 1. The number of benzene rings is 1. The summed E-state index contributed by atoms with van der Waals surface area (Å²) >= 11 is 11.5. The standard InChI is InChI=1S/C11H7Cl2N3O2/c12-7-5-14-11(13)16-9(7)15-8-4-2-1-3-6(8)10(17)18/h1-5H,(H,17,18)(H,14,15,16). The first kappa shape index (κ1) is 12.6. The van der Waals surface area contributed by atoms with E-state index in [1.54, 1.807) is 18.2 Å². The average Bonchev–Trinajstić information content (AvgIpc) is 2.34. The summed E-state index contributed by atoms with van der Waals surface area (Å²) in [5.74, 6) is -0.792. The number of rotatable bonds is 3. The molecule has 0 atom stereocenters. The molecule has 0 unspecified atom stereocenters. The van der Waals surface area contributed by atoms with Gasteiger partial charge in [-0.1, -0.05) is 23.7 Å². The van der Waals surface area contributed by atoms with Gasteiger partial charge in [0.1, 0.15) is 5.02 Å². The molecule has 5 nitrogen and oxygen atoms in total. The van der Waals surface area contributed by atoms with Crippen molar-refractivity contribution in [1.82, 2.24) is 9.97 Å². The summed E-state index contributed by atoms with van der Waals surface area (Å²) < 4.78 is 0. The second kappa shape index (κ2) is 5.20. The van der Waals surface area contributed by atoms with Crippen molar-refractivity contribution in [1.29, 1.82) is 0 Å². The van der Waals surface area contributed by atoms with Crippen LogP contribution < -0.4 is 5.32 Å². The van der Waals surface area contributed by atoms with Crippen molar-refractivity contribution in [2.45, 2.75) is 0 Å². The van der Waals surface area contributed by atoms with Crippen molar-refractivity contribution in [2.75, 3.05) is 5.32 Å². The van der Waals surface area contributed by atoms with Gasteiger partial charge in [-0.15, -0.1) is 0 Å². The van der Waals surface area contributed by atoms with Gasteiger partial charge in [-0.3, -0.25) is 0 Å². The Labute approximate surface area is 112 Å². The average molecular weight is 284 g/mol. The molecule has 1 heterocycles. The zero-order valence-corrected chi connectivity index (χ0v) is 10.4. The molecular formula is C11H7Cl2N3O2. The Hall–Kier alpha value is -1.85. The van der Waals surface area contributed by atoms with Gasteiger partial charge in [-0.25, -0.2) is 9.78 Å². The molecule has 0 saturated carbocycles. The molecule has 92 valence electrons. The molecular weight excluding hydrogens is 277 g/mol. The van der Waals surface area contributed by atoms with E-state index in [4.69, 9.17) is 28.3 Å². The zero-order chi connectivity index (χ0) is 13.1. The first-order valence-corrected chi connectivity index (χ1v) is 5.61. The maximum atomic E-state index is 11.0. The third-order valence-electron chi connectivity index (χ3n) is 2.13. The highest BCUT2D eigenvalue weighted by molar-refractivity contribution is 6.33. The minimum Gasteiger partial charge on any atom is -0.478 e. The fraction of sp³-hybridized carbons (Fsp3) is 0. The van der Waals surface area contributed by atoms with Crippen LogP contribution >= 0.6 is 23.2 Å². The fourth-order valence-corrected chi connectivity index (χ4v) is 1.61. The van der Waals surface area contributed by atoms with E-state index < -0.39 is 5.97 Å². The van der Waals surface area contributed by atoms with Crippen molar-refractivity contribution in [2.24, 2.45) is 0 Å². The monoisotopic (exact) mass is 283 g/mol. The van der Waals surface area contributed by atoms with Crippen LogP contribution in [0, 0.1) is 0 Å². The third kappa shape index (κ3) is 2.69.